The van der Waals surface area contributed by atoms with Crippen LogP contribution in [0.4, 0.5) is 5.82 Å². The predicted molar refractivity (Wildman–Crippen MR) is 131 cm³/mol. The van der Waals surface area contributed by atoms with Gasteiger partial charge in [0.15, 0.2) is 5.65 Å². The molecular formula is C25H39N7O. The number of fused-ring (bicyclic) bond motifs is 2. The normalized spacial score (nSPS) is 21.7. The topological polar surface area (TPSA) is 60.2 Å². The van der Waals surface area contributed by atoms with Gasteiger partial charge in [-0.2, -0.15) is 9.61 Å². The number of hydrogen-bond acceptors (Lipinski definition) is 6. The summed E-state index contributed by atoms with van der Waals surface area (Å²) in [5, 5.41) is 4.59. The molecule has 3 aliphatic heterocycles. The van der Waals surface area contributed by atoms with E-state index >= 15 is 0 Å². The Hall–Kier alpha value is -2.19. The van der Waals surface area contributed by atoms with Crippen LogP contribution in [0.15, 0.2) is 12.3 Å². The predicted octanol–water partition coefficient (Wildman–Crippen LogP) is 1.92. The molecule has 0 N–H and O–H groups in total. The Morgan fingerprint density at radius 1 is 1.09 bits per heavy atom. The van der Waals surface area contributed by atoms with Crippen molar-refractivity contribution in [1.82, 2.24) is 29.3 Å². The van der Waals surface area contributed by atoms with Crippen molar-refractivity contribution in [1.29, 1.82) is 0 Å². The zero-order valence-corrected chi connectivity index (χ0v) is 20.5. The standard InChI is InChI=1S/C25H39N7O/c1-4-6-20(5-2)29-13-15-30(16-14-29)25(33)19-17-31(18-19)24-21-8-11-28(3)12-9-22(21)27-23-7-10-26-32(23)24/h7,10,19-20H,4-6,8-9,11-18H2,1-3H3. The van der Waals surface area contributed by atoms with Crippen molar-refractivity contribution in [3.05, 3.63) is 23.5 Å². The highest BCUT2D eigenvalue weighted by Crippen LogP contribution is 2.32. The lowest BCUT2D eigenvalue weighted by Crippen LogP contribution is -2.59. The Balaban J connectivity index is 1.25. The number of aromatic nitrogens is 3. The van der Waals surface area contributed by atoms with Crippen LogP contribution in [0.25, 0.3) is 5.65 Å². The first-order valence-corrected chi connectivity index (χ1v) is 12.9. The summed E-state index contributed by atoms with van der Waals surface area (Å²) in [5.74, 6) is 1.59. The maximum Gasteiger partial charge on any atom is 0.229 e. The van der Waals surface area contributed by atoms with Gasteiger partial charge in [0.25, 0.3) is 0 Å². The van der Waals surface area contributed by atoms with E-state index in [2.05, 4.69) is 45.6 Å². The highest BCUT2D eigenvalue weighted by atomic mass is 16.2. The van der Waals surface area contributed by atoms with Gasteiger partial charge in [0.2, 0.25) is 5.91 Å². The van der Waals surface area contributed by atoms with E-state index < -0.39 is 0 Å². The number of carbonyl (C=O) groups is 1. The van der Waals surface area contributed by atoms with Gasteiger partial charge in [0, 0.05) is 76.5 Å². The van der Waals surface area contributed by atoms with Gasteiger partial charge < -0.3 is 14.7 Å². The fourth-order valence-electron chi connectivity index (χ4n) is 5.86. The number of anilines is 1. The molecule has 1 atom stereocenters. The summed E-state index contributed by atoms with van der Waals surface area (Å²) in [6, 6.07) is 2.66. The molecule has 5 rings (SSSR count). The summed E-state index contributed by atoms with van der Waals surface area (Å²) in [5.41, 5.74) is 3.43. The Morgan fingerprint density at radius 3 is 2.58 bits per heavy atom. The smallest absolute Gasteiger partial charge is 0.229 e. The van der Waals surface area contributed by atoms with Crippen molar-refractivity contribution in [2.75, 3.05) is 64.3 Å². The molecule has 0 spiro atoms. The number of nitrogens with zero attached hydrogens (tertiary/aromatic N) is 7. The monoisotopic (exact) mass is 453 g/mol. The summed E-state index contributed by atoms with van der Waals surface area (Å²) in [6.45, 7) is 12.0. The van der Waals surface area contributed by atoms with Crippen molar-refractivity contribution >= 4 is 17.4 Å². The molecule has 3 aliphatic rings. The van der Waals surface area contributed by atoms with Crippen molar-refractivity contribution in [3.63, 3.8) is 0 Å². The second-order valence-corrected chi connectivity index (χ2v) is 10.1. The van der Waals surface area contributed by atoms with Crippen LogP contribution in [0, 0.1) is 5.92 Å². The zero-order chi connectivity index (χ0) is 22.9. The van der Waals surface area contributed by atoms with Crippen LogP contribution in [0.2, 0.25) is 0 Å². The van der Waals surface area contributed by atoms with E-state index in [0.717, 1.165) is 76.7 Å². The molecule has 2 fully saturated rings. The largest absolute Gasteiger partial charge is 0.354 e. The molecule has 180 valence electrons. The molecule has 8 nitrogen and oxygen atoms in total. The van der Waals surface area contributed by atoms with Crippen LogP contribution < -0.4 is 4.90 Å². The minimum absolute atomic E-state index is 0.0945. The van der Waals surface area contributed by atoms with Crippen molar-refractivity contribution in [3.8, 4) is 0 Å². The summed E-state index contributed by atoms with van der Waals surface area (Å²) in [4.78, 5) is 27.6. The van der Waals surface area contributed by atoms with Crippen molar-refractivity contribution in [2.45, 2.75) is 52.0 Å². The Morgan fingerprint density at radius 2 is 1.85 bits per heavy atom. The van der Waals surface area contributed by atoms with E-state index in [1.54, 1.807) is 0 Å². The molecule has 5 heterocycles. The van der Waals surface area contributed by atoms with E-state index in [9.17, 15) is 4.79 Å². The highest BCUT2D eigenvalue weighted by molar-refractivity contribution is 5.82. The molecule has 8 heteroatoms. The number of piperazine rings is 1. The first kappa shape index (κ1) is 22.6. The lowest BCUT2D eigenvalue weighted by atomic mass is 9.96. The van der Waals surface area contributed by atoms with Gasteiger partial charge in [-0.25, -0.2) is 4.98 Å². The number of likely N-dealkylation sites (N-methyl/N-ethyl adjacent to an activating group) is 1. The van der Waals surface area contributed by atoms with Gasteiger partial charge in [0.05, 0.1) is 17.8 Å². The third-order valence-electron chi connectivity index (χ3n) is 7.93. The van der Waals surface area contributed by atoms with Gasteiger partial charge in [-0.05, 0) is 26.3 Å². The Labute approximate surface area is 197 Å². The quantitative estimate of drug-likeness (QED) is 0.666. The summed E-state index contributed by atoms with van der Waals surface area (Å²) >= 11 is 0. The van der Waals surface area contributed by atoms with E-state index in [1.807, 2.05) is 16.8 Å². The van der Waals surface area contributed by atoms with Gasteiger partial charge in [0.1, 0.15) is 5.82 Å². The van der Waals surface area contributed by atoms with Crippen molar-refractivity contribution in [2.24, 2.45) is 5.92 Å². The minimum Gasteiger partial charge on any atom is -0.354 e. The molecule has 2 aromatic rings. The zero-order valence-electron chi connectivity index (χ0n) is 20.5. The average Bonchev–Trinajstić information content (AvgIpc) is 3.19. The molecule has 0 bridgehead atoms. The van der Waals surface area contributed by atoms with E-state index in [4.69, 9.17) is 4.98 Å². The second-order valence-electron chi connectivity index (χ2n) is 10.1. The molecule has 33 heavy (non-hydrogen) atoms. The molecule has 1 unspecified atom stereocenters. The molecule has 0 aliphatic carbocycles. The Kier molecular flexibility index (Phi) is 6.56. The van der Waals surface area contributed by atoms with Gasteiger partial charge in [-0.3, -0.25) is 9.69 Å². The molecule has 2 aromatic heterocycles. The van der Waals surface area contributed by atoms with Crippen LogP contribution in [0.3, 0.4) is 0 Å². The number of amides is 1. The lowest BCUT2D eigenvalue weighted by molar-refractivity contribution is -0.138. The highest BCUT2D eigenvalue weighted by Gasteiger charge is 2.39. The van der Waals surface area contributed by atoms with E-state index in [0.29, 0.717) is 11.9 Å². The summed E-state index contributed by atoms with van der Waals surface area (Å²) in [6.07, 6.45) is 7.48. The van der Waals surface area contributed by atoms with E-state index in [-0.39, 0.29) is 5.92 Å². The van der Waals surface area contributed by atoms with Crippen LogP contribution >= 0.6 is 0 Å². The van der Waals surface area contributed by atoms with Crippen molar-refractivity contribution < 1.29 is 4.79 Å². The minimum atomic E-state index is 0.0945. The number of hydrogen-bond donors (Lipinski definition) is 0. The maximum atomic E-state index is 13.3. The molecule has 2 saturated heterocycles. The van der Waals surface area contributed by atoms with Crippen LogP contribution in [-0.4, -0.2) is 101 Å². The van der Waals surface area contributed by atoms with Crippen LogP contribution in [0.5, 0.6) is 0 Å². The summed E-state index contributed by atoms with van der Waals surface area (Å²) < 4.78 is 1.99. The molecule has 0 radical (unpaired) electrons. The molecule has 0 saturated carbocycles. The Bertz CT molecular complexity index is 975. The maximum absolute atomic E-state index is 13.3. The van der Waals surface area contributed by atoms with Gasteiger partial charge in [-0.1, -0.05) is 20.3 Å². The third-order valence-corrected chi connectivity index (χ3v) is 7.93. The van der Waals surface area contributed by atoms with Gasteiger partial charge in [-0.15, -0.1) is 0 Å². The number of carbonyl (C=O) groups excluding carboxylic acids is 1. The van der Waals surface area contributed by atoms with Gasteiger partial charge >= 0.3 is 0 Å². The average molecular weight is 454 g/mol. The fraction of sp³-hybridized carbons (Fsp3) is 0.720. The summed E-state index contributed by atoms with van der Waals surface area (Å²) in [7, 11) is 2.18. The van der Waals surface area contributed by atoms with E-state index in [1.165, 1.54) is 30.5 Å². The molecular weight excluding hydrogens is 414 g/mol. The first-order valence-electron chi connectivity index (χ1n) is 12.9. The SMILES string of the molecule is CCCC(CC)N1CCN(C(=O)C2CN(c3c4c(nc5ccnn35)CCN(C)CC4)C2)CC1. The second kappa shape index (κ2) is 9.58. The van der Waals surface area contributed by atoms with Crippen LogP contribution in [-0.2, 0) is 17.6 Å². The third kappa shape index (κ3) is 4.35. The number of rotatable bonds is 6. The lowest BCUT2D eigenvalue weighted by Gasteiger charge is -2.45. The molecule has 1 amide bonds. The fourth-order valence-corrected chi connectivity index (χ4v) is 5.86. The molecule has 0 aromatic carbocycles. The first-order chi connectivity index (χ1) is 16.1. The van der Waals surface area contributed by atoms with Crippen LogP contribution in [0.1, 0.15) is 44.4 Å².